The average molecular weight is 499 g/mol. The van der Waals surface area contributed by atoms with Gasteiger partial charge in [0.2, 0.25) is 11.8 Å². The Morgan fingerprint density at radius 1 is 1.24 bits per heavy atom. The molecular weight excluding hydrogens is 484 g/mol. The molecule has 1 aromatic heterocycles. The van der Waals surface area contributed by atoms with E-state index in [2.05, 4.69) is 10.3 Å². The minimum Gasteiger partial charge on any atom is -0.335 e. The van der Waals surface area contributed by atoms with E-state index in [4.69, 9.17) is 11.6 Å². The molecule has 2 aliphatic heterocycles. The minimum absolute atomic E-state index is 0.0585. The molecule has 2 N–H and O–H groups in total. The van der Waals surface area contributed by atoms with Gasteiger partial charge in [-0.3, -0.25) is 29.5 Å². The molecule has 0 bridgehead atoms. The number of hydrogen-bond acceptors (Lipinski definition) is 5. The summed E-state index contributed by atoms with van der Waals surface area (Å²) in [6.45, 7) is -0.0599. The van der Waals surface area contributed by atoms with Crippen LogP contribution in [0, 0.1) is 5.82 Å². The van der Waals surface area contributed by atoms with Gasteiger partial charge in [0.15, 0.2) is 6.04 Å². The predicted molar refractivity (Wildman–Crippen MR) is 108 cm³/mol. The number of aromatic nitrogens is 1. The first-order valence-electron chi connectivity index (χ1n) is 9.92. The van der Waals surface area contributed by atoms with Crippen LogP contribution < -0.4 is 10.6 Å². The summed E-state index contributed by atoms with van der Waals surface area (Å²) in [7, 11) is 0. The van der Waals surface area contributed by atoms with E-state index in [0.29, 0.717) is 17.8 Å². The number of nitrogens with zero attached hydrogens (tertiary/aromatic N) is 2. The first kappa shape index (κ1) is 23.6. The number of alkyl halides is 3. The number of nitrogens with one attached hydrogen (secondary N) is 2. The molecule has 4 amide bonds. The molecule has 1 unspecified atom stereocenters. The number of carbonyl (C=O) groups is 4. The van der Waals surface area contributed by atoms with Crippen molar-refractivity contribution >= 4 is 35.2 Å². The second-order valence-corrected chi connectivity index (χ2v) is 8.15. The quantitative estimate of drug-likeness (QED) is 0.498. The molecule has 1 fully saturated rings. The number of benzene rings is 1. The lowest BCUT2D eigenvalue weighted by Crippen LogP contribution is -2.52. The molecule has 34 heavy (non-hydrogen) atoms. The number of halogens is 5. The maximum absolute atomic E-state index is 13.6. The highest BCUT2D eigenvalue weighted by atomic mass is 35.5. The Morgan fingerprint density at radius 2 is 1.97 bits per heavy atom. The van der Waals surface area contributed by atoms with Gasteiger partial charge in [-0.1, -0.05) is 11.6 Å². The van der Waals surface area contributed by atoms with E-state index in [-0.39, 0.29) is 30.5 Å². The maximum atomic E-state index is 13.6. The molecule has 0 aliphatic carbocycles. The summed E-state index contributed by atoms with van der Waals surface area (Å²) in [6, 6.07) is 0.872. The SMILES string of the molecule is O=C1CCC(N2Cc3cc(C(=O)N[C@H](c4ncc(F)cc4Cl)C(F)(F)F)ccc3C2=O)C(=O)N1. The van der Waals surface area contributed by atoms with E-state index >= 15 is 0 Å². The normalized spacial score (nSPS) is 19.0. The molecule has 4 rings (SSSR count). The van der Waals surface area contributed by atoms with Crippen LogP contribution in [0.1, 0.15) is 50.9 Å². The Labute approximate surface area is 194 Å². The largest absolute Gasteiger partial charge is 0.414 e. The lowest BCUT2D eigenvalue weighted by molar-refractivity contribution is -0.156. The van der Waals surface area contributed by atoms with Gasteiger partial charge in [0.25, 0.3) is 11.8 Å². The number of hydrogen-bond donors (Lipinski definition) is 2. The van der Waals surface area contributed by atoms with Gasteiger partial charge in [0.05, 0.1) is 16.9 Å². The molecule has 2 atom stereocenters. The molecule has 8 nitrogen and oxygen atoms in total. The smallest absolute Gasteiger partial charge is 0.335 e. The van der Waals surface area contributed by atoms with Crippen molar-refractivity contribution in [3.05, 3.63) is 63.7 Å². The van der Waals surface area contributed by atoms with Crippen LogP contribution >= 0.6 is 11.6 Å². The lowest BCUT2D eigenvalue weighted by atomic mass is 10.0. The van der Waals surface area contributed by atoms with Gasteiger partial charge in [0, 0.05) is 24.1 Å². The van der Waals surface area contributed by atoms with E-state index in [1.54, 1.807) is 5.32 Å². The van der Waals surface area contributed by atoms with Crippen LogP contribution in [0.5, 0.6) is 0 Å². The number of carbonyl (C=O) groups excluding carboxylic acids is 4. The number of amides is 4. The Morgan fingerprint density at radius 3 is 2.62 bits per heavy atom. The van der Waals surface area contributed by atoms with Crippen LogP contribution in [0.25, 0.3) is 0 Å². The standard InChI is InChI=1S/C21H15ClF4N4O4/c22-13-6-11(23)7-27-16(13)17(21(24,25)26)29-18(32)9-1-2-12-10(5-9)8-30(20(12)34)14-3-4-15(31)28-19(14)33/h1-2,5-7,14,17H,3-4,8H2,(H,29,32)(H,28,31,33)/t14?,17-/m1/s1. The fourth-order valence-electron chi connectivity index (χ4n) is 3.87. The number of piperidine rings is 1. The molecule has 2 aromatic rings. The molecule has 1 saturated heterocycles. The van der Waals surface area contributed by atoms with Crippen LogP contribution in [0.15, 0.2) is 30.5 Å². The van der Waals surface area contributed by atoms with E-state index < -0.39 is 58.4 Å². The Bertz CT molecular complexity index is 1220. The van der Waals surface area contributed by atoms with Gasteiger partial charge in [-0.2, -0.15) is 13.2 Å². The Kier molecular flexibility index (Phi) is 6.02. The zero-order valence-electron chi connectivity index (χ0n) is 17.1. The van der Waals surface area contributed by atoms with Gasteiger partial charge >= 0.3 is 6.18 Å². The highest BCUT2D eigenvalue weighted by molar-refractivity contribution is 6.31. The molecule has 0 radical (unpaired) electrons. The number of pyridine rings is 1. The van der Waals surface area contributed by atoms with Crippen LogP contribution in [-0.4, -0.2) is 45.7 Å². The average Bonchev–Trinajstić information content (AvgIpc) is 3.07. The molecule has 1 aromatic carbocycles. The fraction of sp³-hybridized carbons (Fsp3) is 0.286. The van der Waals surface area contributed by atoms with Gasteiger partial charge in [-0.25, -0.2) is 4.39 Å². The zero-order valence-corrected chi connectivity index (χ0v) is 17.8. The Hall–Kier alpha value is -3.54. The van der Waals surface area contributed by atoms with Crippen LogP contribution in [0.3, 0.4) is 0 Å². The number of rotatable bonds is 4. The highest BCUT2D eigenvalue weighted by Crippen LogP contribution is 2.35. The van der Waals surface area contributed by atoms with Gasteiger partial charge in [-0.05, 0) is 36.2 Å². The van der Waals surface area contributed by atoms with Gasteiger partial charge in [-0.15, -0.1) is 0 Å². The Balaban J connectivity index is 1.56. The second kappa shape index (κ2) is 8.67. The minimum atomic E-state index is -4.99. The monoisotopic (exact) mass is 498 g/mol. The second-order valence-electron chi connectivity index (χ2n) is 7.74. The number of imide groups is 1. The lowest BCUT2D eigenvalue weighted by Gasteiger charge is -2.29. The topological polar surface area (TPSA) is 108 Å². The summed E-state index contributed by atoms with van der Waals surface area (Å²) < 4.78 is 54.1. The third-order valence-electron chi connectivity index (χ3n) is 5.50. The van der Waals surface area contributed by atoms with Crippen molar-refractivity contribution in [3.8, 4) is 0 Å². The van der Waals surface area contributed by atoms with Crippen molar-refractivity contribution < 1.29 is 36.7 Å². The molecule has 0 saturated carbocycles. The van der Waals surface area contributed by atoms with Crippen LogP contribution in [0.4, 0.5) is 17.6 Å². The summed E-state index contributed by atoms with van der Waals surface area (Å²) in [4.78, 5) is 53.5. The van der Waals surface area contributed by atoms with Crippen LogP contribution in [0.2, 0.25) is 5.02 Å². The van der Waals surface area contributed by atoms with Crippen molar-refractivity contribution in [3.63, 3.8) is 0 Å². The first-order valence-corrected chi connectivity index (χ1v) is 10.3. The summed E-state index contributed by atoms with van der Waals surface area (Å²) in [5.41, 5.74) is -0.422. The van der Waals surface area contributed by atoms with E-state index in [1.807, 2.05) is 0 Å². The highest BCUT2D eigenvalue weighted by Gasteiger charge is 2.44. The van der Waals surface area contributed by atoms with Crippen molar-refractivity contribution in [2.45, 2.75) is 37.6 Å². The van der Waals surface area contributed by atoms with Crippen LogP contribution in [-0.2, 0) is 16.1 Å². The van der Waals surface area contributed by atoms with E-state index in [9.17, 15) is 36.7 Å². The molecule has 3 heterocycles. The zero-order chi connectivity index (χ0) is 24.8. The maximum Gasteiger partial charge on any atom is 0.414 e. The summed E-state index contributed by atoms with van der Waals surface area (Å²) in [5, 5.41) is 3.36. The first-order chi connectivity index (χ1) is 16.0. The third kappa shape index (κ3) is 4.45. The molecule has 0 spiro atoms. The summed E-state index contributed by atoms with van der Waals surface area (Å²) in [6.07, 6.45) is -4.24. The van der Waals surface area contributed by atoms with Crippen molar-refractivity contribution in [1.29, 1.82) is 0 Å². The van der Waals surface area contributed by atoms with Crippen molar-refractivity contribution in [1.82, 2.24) is 20.5 Å². The summed E-state index contributed by atoms with van der Waals surface area (Å²) in [5.74, 6) is -3.62. The van der Waals surface area contributed by atoms with Crippen molar-refractivity contribution in [2.24, 2.45) is 0 Å². The van der Waals surface area contributed by atoms with Crippen molar-refractivity contribution in [2.75, 3.05) is 0 Å². The van der Waals surface area contributed by atoms with Gasteiger partial charge < -0.3 is 10.2 Å². The number of fused-ring (bicyclic) bond motifs is 1. The predicted octanol–water partition coefficient (Wildman–Crippen LogP) is 2.67. The summed E-state index contributed by atoms with van der Waals surface area (Å²) >= 11 is 5.71. The van der Waals surface area contributed by atoms with E-state index in [0.717, 1.165) is 0 Å². The molecule has 178 valence electrons. The fourth-order valence-corrected chi connectivity index (χ4v) is 4.14. The molecular formula is C21H15ClF4N4O4. The van der Waals surface area contributed by atoms with E-state index in [1.165, 1.54) is 23.1 Å². The molecule has 13 heteroatoms. The third-order valence-corrected chi connectivity index (χ3v) is 5.80. The molecule has 2 aliphatic rings. The van der Waals surface area contributed by atoms with Gasteiger partial charge in [0.1, 0.15) is 11.9 Å².